The number of hydrogen-bond acceptors (Lipinski definition) is 8. The van der Waals surface area contributed by atoms with Crippen molar-refractivity contribution in [3.05, 3.63) is 56.7 Å². The lowest BCUT2D eigenvalue weighted by Gasteiger charge is -2.23. The van der Waals surface area contributed by atoms with E-state index in [2.05, 4.69) is 4.72 Å². The number of carbonyl (C=O) groups is 2. The third-order valence-corrected chi connectivity index (χ3v) is 6.33. The van der Waals surface area contributed by atoms with E-state index in [0.29, 0.717) is 4.57 Å². The number of carbonyl (C=O) groups excluding carboxylic acids is 2. The predicted molar refractivity (Wildman–Crippen MR) is 117 cm³/mol. The standard InChI is InChI=1S/C20H26N4O7S/c1-11(2)15(22-32(29,30)13-9-7-6-8-10-13)19(27)31-12(3)16(25)14-17(21)23(4)20(28)24(5)18(14)26/h6-12,15,22H,21H2,1-5H3/t12-,15-/m0/s1. The molecule has 32 heavy (non-hydrogen) atoms. The molecule has 2 atom stereocenters. The highest BCUT2D eigenvalue weighted by Crippen LogP contribution is 2.15. The van der Waals surface area contributed by atoms with Crippen molar-refractivity contribution in [2.75, 3.05) is 5.73 Å². The van der Waals surface area contributed by atoms with Gasteiger partial charge in [-0.15, -0.1) is 0 Å². The molecule has 0 unspecified atom stereocenters. The Kier molecular flexibility index (Phi) is 7.42. The Bertz CT molecular complexity index is 1250. The van der Waals surface area contributed by atoms with Crippen LogP contribution in [0.5, 0.6) is 0 Å². The first-order valence-electron chi connectivity index (χ1n) is 9.67. The van der Waals surface area contributed by atoms with Gasteiger partial charge in [0.05, 0.1) is 4.90 Å². The van der Waals surface area contributed by atoms with Crippen molar-refractivity contribution in [2.24, 2.45) is 20.0 Å². The number of rotatable bonds is 8. The smallest absolute Gasteiger partial charge is 0.332 e. The van der Waals surface area contributed by atoms with Crippen LogP contribution < -0.4 is 21.7 Å². The number of nitrogens with one attached hydrogen (secondary N) is 1. The van der Waals surface area contributed by atoms with E-state index in [1.807, 2.05) is 0 Å². The van der Waals surface area contributed by atoms with Gasteiger partial charge >= 0.3 is 11.7 Å². The van der Waals surface area contributed by atoms with Gasteiger partial charge in [0.25, 0.3) is 5.56 Å². The second-order valence-electron chi connectivity index (χ2n) is 7.57. The quantitative estimate of drug-likeness (QED) is 0.399. The molecule has 1 aromatic heterocycles. The van der Waals surface area contributed by atoms with Crippen molar-refractivity contribution < 1.29 is 22.7 Å². The highest BCUT2D eigenvalue weighted by atomic mass is 32.2. The summed E-state index contributed by atoms with van der Waals surface area (Å²) in [7, 11) is -1.56. The van der Waals surface area contributed by atoms with Crippen molar-refractivity contribution in [3.8, 4) is 0 Å². The molecule has 12 heteroatoms. The zero-order chi connectivity index (χ0) is 24.4. The van der Waals surface area contributed by atoms with E-state index in [4.69, 9.17) is 10.5 Å². The minimum Gasteiger partial charge on any atom is -0.453 e. The van der Waals surface area contributed by atoms with Gasteiger partial charge in [0.1, 0.15) is 17.4 Å². The summed E-state index contributed by atoms with van der Waals surface area (Å²) in [5.41, 5.74) is 3.63. The topological polar surface area (TPSA) is 160 Å². The van der Waals surface area contributed by atoms with Gasteiger partial charge in [-0.05, 0) is 25.0 Å². The van der Waals surface area contributed by atoms with Crippen molar-refractivity contribution in [2.45, 2.75) is 37.8 Å². The minimum atomic E-state index is -4.03. The molecule has 3 N–H and O–H groups in total. The third-order valence-electron chi connectivity index (χ3n) is 4.87. The van der Waals surface area contributed by atoms with Crippen LogP contribution in [0.2, 0.25) is 0 Å². The summed E-state index contributed by atoms with van der Waals surface area (Å²) in [6.07, 6.45) is -1.46. The number of ketones is 1. The summed E-state index contributed by atoms with van der Waals surface area (Å²) in [4.78, 5) is 49.8. The normalized spacial score (nSPS) is 13.6. The predicted octanol–water partition coefficient (Wildman–Crippen LogP) is -0.216. The fourth-order valence-corrected chi connectivity index (χ4v) is 4.24. The number of anilines is 1. The number of ether oxygens (including phenoxy) is 1. The average molecular weight is 467 g/mol. The Labute approximate surface area is 184 Å². The van der Waals surface area contributed by atoms with Crippen molar-refractivity contribution in [1.82, 2.24) is 13.9 Å². The molecule has 0 aliphatic carbocycles. The molecule has 11 nitrogen and oxygen atoms in total. The highest BCUT2D eigenvalue weighted by molar-refractivity contribution is 7.89. The van der Waals surface area contributed by atoms with E-state index in [9.17, 15) is 27.6 Å². The molecule has 2 aromatic rings. The lowest BCUT2D eigenvalue weighted by atomic mass is 10.1. The van der Waals surface area contributed by atoms with Crippen LogP contribution >= 0.6 is 0 Å². The number of Topliss-reactive ketones (excluding diaryl/α,β-unsaturated/α-hetero) is 1. The van der Waals surface area contributed by atoms with Crippen LogP contribution in [-0.4, -0.2) is 41.5 Å². The molecule has 2 rings (SSSR count). The molecule has 0 saturated heterocycles. The SMILES string of the molecule is CC(C)[C@H](NS(=O)(=O)c1ccccc1)C(=O)O[C@@H](C)C(=O)c1c(N)n(C)c(=O)n(C)c1=O. The molecule has 0 amide bonds. The number of hydrogen-bond donors (Lipinski definition) is 2. The van der Waals surface area contributed by atoms with E-state index in [1.54, 1.807) is 19.9 Å². The van der Waals surface area contributed by atoms with Gasteiger partial charge in [0.15, 0.2) is 6.10 Å². The Hall–Kier alpha value is -3.25. The molecule has 0 saturated carbocycles. The monoisotopic (exact) mass is 466 g/mol. The van der Waals surface area contributed by atoms with Crippen LogP contribution in [0.3, 0.4) is 0 Å². The van der Waals surface area contributed by atoms with E-state index >= 15 is 0 Å². The highest BCUT2D eigenvalue weighted by Gasteiger charge is 2.33. The Balaban J connectivity index is 2.29. The maximum Gasteiger partial charge on any atom is 0.332 e. The number of esters is 1. The average Bonchev–Trinajstić information content (AvgIpc) is 2.75. The van der Waals surface area contributed by atoms with Crippen LogP contribution in [-0.2, 0) is 33.7 Å². The first-order chi connectivity index (χ1) is 14.8. The van der Waals surface area contributed by atoms with E-state index in [1.165, 1.54) is 45.3 Å². The molecular weight excluding hydrogens is 440 g/mol. The number of sulfonamides is 1. The summed E-state index contributed by atoms with van der Waals surface area (Å²) in [6, 6.07) is 6.17. The third kappa shape index (κ3) is 4.97. The molecular formula is C20H26N4O7S. The number of aromatic nitrogens is 2. The van der Waals surface area contributed by atoms with E-state index < -0.39 is 56.7 Å². The van der Waals surface area contributed by atoms with Crippen LogP contribution in [0.4, 0.5) is 5.82 Å². The fraction of sp³-hybridized carbons (Fsp3) is 0.400. The second-order valence-corrected chi connectivity index (χ2v) is 9.28. The number of nitrogens with zero attached hydrogens (tertiary/aromatic N) is 2. The largest absolute Gasteiger partial charge is 0.453 e. The molecule has 0 aliphatic rings. The number of nitrogen functional groups attached to an aromatic ring is 1. The van der Waals surface area contributed by atoms with Gasteiger partial charge in [0.2, 0.25) is 15.8 Å². The Morgan fingerprint density at radius 3 is 2.12 bits per heavy atom. The summed E-state index contributed by atoms with van der Waals surface area (Å²) in [6.45, 7) is 4.44. The molecule has 0 fully saturated rings. The second kappa shape index (κ2) is 9.49. The first kappa shape index (κ1) is 25.0. The molecule has 0 bridgehead atoms. The van der Waals surface area contributed by atoms with Crippen LogP contribution in [0.1, 0.15) is 31.1 Å². The van der Waals surface area contributed by atoms with Gasteiger partial charge in [0, 0.05) is 14.1 Å². The van der Waals surface area contributed by atoms with E-state index in [0.717, 1.165) is 4.57 Å². The van der Waals surface area contributed by atoms with Crippen LogP contribution in [0.15, 0.2) is 44.8 Å². The fourth-order valence-electron chi connectivity index (χ4n) is 2.89. The minimum absolute atomic E-state index is 0.0379. The molecule has 174 valence electrons. The lowest BCUT2D eigenvalue weighted by Crippen LogP contribution is -2.47. The summed E-state index contributed by atoms with van der Waals surface area (Å²) in [5.74, 6) is -2.80. The first-order valence-corrected chi connectivity index (χ1v) is 11.2. The summed E-state index contributed by atoms with van der Waals surface area (Å²) in [5, 5.41) is 0. The maximum atomic E-state index is 12.8. The van der Waals surface area contributed by atoms with Crippen molar-refractivity contribution >= 4 is 27.6 Å². The van der Waals surface area contributed by atoms with Crippen molar-refractivity contribution in [1.29, 1.82) is 0 Å². The van der Waals surface area contributed by atoms with Gasteiger partial charge in [-0.25, -0.2) is 13.2 Å². The zero-order valence-corrected chi connectivity index (χ0v) is 19.2. The number of nitrogens with two attached hydrogens (primary N) is 1. The Morgan fingerprint density at radius 1 is 1.03 bits per heavy atom. The van der Waals surface area contributed by atoms with Gasteiger partial charge in [-0.2, -0.15) is 4.72 Å². The molecule has 1 aromatic carbocycles. The van der Waals surface area contributed by atoms with Gasteiger partial charge in [-0.1, -0.05) is 32.0 Å². The molecule has 0 aliphatic heterocycles. The molecule has 0 radical (unpaired) electrons. The summed E-state index contributed by atoms with van der Waals surface area (Å²) < 4.78 is 34.3. The van der Waals surface area contributed by atoms with E-state index in [-0.39, 0.29) is 10.7 Å². The maximum absolute atomic E-state index is 12.8. The molecule has 1 heterocycles. The van der Waals surface area contributed by atoms with Crippen LogP contribution in [0, 0.1) is 5.92 Å². The zero-order valence-electron chi connectivity index (χ0n) is 18.4. The Morgan fingerprint density at radius 2 is 1.59 bits per heavy atom. The van der Waals surface area contributed by atoms with Crippen molar-refractivity contribution in [3.63, 3.8) is 0 Å². The van der Waals surface area contributed by atoms with Crippen LogP contribution in [0.25, 0.3) is 0 Å². The lowest BCUT2D eigenvalue weighted by molar-refractivity contribution is -0.149. The number of benzene rings is 1. The van der Waals surface area contributed by atoms with Gasteiger partial charge < -0.3 is 10.5 Å². The molecule has 0 spiro atoms. The summed E-state index contributed by atoms with van der Waals surface area (Å²) >= 11 is 0. The van der Waals surface area contributed by atoms with Gasteiger partial charge in [-0.3, -0.25) is 23.5 Å².